The monoisotopic (exact) mass is 258 g/mol. The van der Waals surface area contributed by atoms with E-state index in [1.165, 1.54) is 5.56 Å². The van der Waals surface area contributed by atoms with E-state index in [0.29, 0.717) is 12.0 Å². The molecule has 4 nitrogen and oxygen atoms in total. The van der Waals surface area contributed by atoms with Gasteiger partial charge in [-0.2, -0.15) is 5.10 Å². The summed E-state index contributed by atoms with van der Waals surface area (Å²) in [5.41, 5.74) is 8.51. The van der Waals surface area contributed by atoms with Gasteiger partial charge in [0.1, 0.15) is 0 Å². The van der Waals surface area contributed by atoms with Crippen LogP contribution in [0.15, 0.2) is 6.20 Å². The van der Waals surface area contributed by atoms with Gasteiger partial charge in [-0.3, -0.25) is 9.58 Å². The van der Waals surface area contributed by atoms with E-state index in [9.17, 15) is 0 Å². The van der Waals surface area contributed by atoms with Crippen LogP contribution in [0.3, 0.4) is 0 Å². The topological polar surface area (TPSA) is 47.1 Å². The summed E-state index contributed by atoms with van der Waals surface area (Å²) < 4.78 is 1.89. The summed E-state index contributed by atoms with van der Waals surface area (Å²) >= 11 is 0. The van der Waals surface area contributed by atoms with Crippen molar-refractivity contribution < 1.29 is 0 Å². The molecular weight excluding hydrogens is 236 g/mol. The second kappa shape index (κ2) is 5.85. The fraction of sp³-hybridized carbons (Fsp3) is 0.750. The second-order valence-electron chi connectivity index (χ2n) is 5.08. The summed E-state index contributed by atoms with van der Waals surface area (Å²) in [5, 5.41) is 4.38. The maximum atomic E-state index is 6.02. The first kappa shape index (κ1) is 14.5. The average Bonchev–Trinajstić information content (AvgIpc) is 2.51. The Labute approximate surface area is 110 Å². The van der Waals surface area contributed by atoms with E-state index in [0.717, 1.165) is 31.7 Å². The van der Waals surface area contributed by atoms with Gasteiger partial charge in [0.15, 0.2) is 0 Å². The van der Waals surface area contributed by atoms with Crippen molar-refractivity contribution in [1.82, 2.24) is 14.7 Å². The first-order valence-electron chi connectivity index (χ1n) is 6.03. The van der Waals surface area contributed by atoms with Gasteiger partial charge >= 0.3 is 0 Å². The largest absolute Gasteiger partial charge is 0.327 e. The molecule has 1 saturated heterocycles. The number of likely N-dealkylation sites (tertiary alicyclic amines) is 1. The molecule has 1 aliphatic rings. The molecule has 0 aliphatic carbocycles. The molecule has 0 amide bonds. The van der Waals surface area contributed by atoms with Crippen molar-refractivity contribution in [1.29, 1.82) is 0 Å². The quantitative estimate of drug-likeness (QED) is 0.871. The van der Waals surface area contributed by atoms with Crippen LogP contribution < -0.4 is 5.73 Å². The minimum atomic E-state index is 0. The van der Waals surface area contributed by atoms with Gasteiger partial charge in [-0.1, -0.05) is 6.92 Å². The molecule has 98 valence electrons. The van der Waals surface area contributed by atoms with E-state index in [2.05, 4.69) is 30.0 Å². The fourth-order valence-corrected chi connectivity index (χ4v) is 2.44. The predicted molar refractivity (Wildman–Crippen MR) is 72.2 cm³/mol. The molecule has 2 heterocycles. The van der Waals surface area contributed by atoms with Crippen molar-refractivity contribution in [3.05, 3.63) is 17.5 Å². The van der Waals surface area contributed by atoms with Crippen LogP contribution in [0, 0.1) is 12.8 Å². The average molecular weight is 259 g/mol. The van der Waals surface area contributed by atoms with E-state index in [4.69, 9.17) is 5.73 Å². The number of halogens is 1. The van der Waals surface area contributed by atoms with Gasteiger partial charge in [-0.05, 0) is 25.8 Å². The Kier molecular flexibility index (Phi) is 4.98. The highest BCUT2D eigenvalue weighted by molar-refractivity contribution is 5.85. The number of aryl methyl sites for hydroxylation is 2. The van der Waals surface area contributed by atoms with Crippen LogP contribution in [0.4, 0.5) is 0 Å². The van der Waals surface area contributed by atoms with Crippen molar-refractivity contribution in [2.45, 2.75) is 32.9 Å². The normalized spacial score (nSPS) is 25.6. The number of hydrogen-bond donors (Lipinski definition) is 1. The molecule has 2 atom stereocenters. The van der Waals surface area contributed by atoms with Gasteiger partial charge in [0, 0.05) is 37.9 Å². The van der Waals surface area contributed by atoms with Crippen molar-refractivity contribution in [2.75, 3.05) is 13.1 Å². The third kappa shape index (κ3) is 3.44. The fourth-order valence-electron chi connectivity index (χ4n) is 2.44. The lowest BCUT2D eigenvalue weighted by molar-refractivity contribution is 0.157. The van der Waals surface area contributed by atoms with Crippen LogP contribution in [-0.4, -0.2) is 33.8 Å². The molecule has 2 N–H and O–H groups in total. The zero-order chi connectivity index (χ0) is 11.7. The van der Waals surface area contributed by atoms with Crippen LogP contribution >= 0.6 is 12.4 Å². The Morgan fingerprint density at radius 3 is 2.76 bits per heavy atom. The molecule has 2 unspecified atom stereocenters. The van der Waals surface area contributed by atoms with E-state index in [1.54, 1.807) is 0 Å². The van der Waals surface area contributed by atoms with Crippen LogP contribution in [0.5, 0.6) is 0 Å². The van der Waals surface area contributed by atoms with Crippen molar-refractivity contribution in [2.24, 2.45) is 18.7 Å². The van der Waals surface area contributed by atoms with Crippen LogP contribution in [0.25, 0.3) is 0 Å². The molecule has 0 radical (unpaired) electrons. The Bertz CT molecular complexity index is 363. The van der Waals surface area contributed by atoms with Gasteiger partial charge < -0.3 is 5.73 Å². The molecule has 0 spiro atoms. The Morgan fingerprint density at radius 2 is 2.24 bits per heavy atom. The smallest absolute Gasteiger partial charge is 0.0638 e. The van der Waals surface area contributed by atoms with Gasteiger partial charge in [0.05, 0.1) is 5.69 Å². The van der Waals surface area contributed by atoms with Gasteiger partial charge in [-0.25, -0.2) is 0 Å². The highest BCUT2D eigenvalue weighted by Crippen LogP contribution is 2.18. The number of aromatic nitrogens is 2. The number of piperidine rings is 1. The predicted octanol–water partition coefficient (Wildman–Crippen LogP) is 1.32. The molecule has 1 aromatic heterocycles. The maximum Gasteiger partial charge on any atom is 0.0638 e. The van der Waals surface area contributed by atoms with Gasteiger partial charge in [0.25, 0.3) is 0 Å². The number of nitrogens with zero attached hydrogens (tertiary/aromatic N) is 3. The highest BCUT2D eigenvalue weighted by Gasteiger charge is 2.23. The van der Waals surface area contributed by atoms with E-state index in [1.807, 2.05) is 11.7 Å². The minimum absolute atomic E-state index is 0. The van der Waals surface area contributed by atoms with E-state index in [-0.39, 0.29) is 12.4 Å². The van der Waals surface area contributed by atoms with Crippen molar-refractivity contribution in [3.8, 4) is 0 Å². The van der Waals surface area contributed by atoms with Crippen molar-refractivity contribution in [3.63, 3.8) is 0 Å². The molecule has 2 rings (SSSR count). The first-order chi connectivity index (χ1) is 7.56. The SMILES string of the molecule is Cc1nn(C)cc1CN1CCC(N)C(C)C1.Cl. The molecule has 1 fully saturated rings. The van der Waals surface area contributed by atoms with E-state index < -0.39 is 0 Å². The Morgan fingerprint density at radius 1 is 1.53 bits per heavy atom. The van der Waals surface area contributed by atoms with E-state index >= 15 is 0 Å². The first-order valence-corrected chi connectivity index (χ1v) is 6.03. The lowest BCUT2D eigenvalue weighted by Crippen LogP contribution is -2.45. The molecule has 1 aromatic rings. The Balaban J connectivity index is 0.00000144. The lowest BCUT2D eigenvalue weighted by Gasteiger charge is -2.34. The summed E-state index contributed by atoms with van der Waals surface area (Å²) in [5.74, 6) is 0.603. The molecule has 5 heteroatoms. The van der Waals surface area contributed by atoms with Crippen molar-refractivity contribution >= 4 is 12.4 Å². The zero-order valence-electron chi connectivity index (χ0n) is 10.9. The van der Waals surface area contributed by atoms with Crippen LogP contribution in [0.1, 0.15) is 24.6 Å². The summed E-state index contributed by atoms with van der Waals surface area (Å²) in [7, 11) is 1.98. The summed E-state index contributed by atoms with van der Waals surface area (Å²) in [4.78, 5) is 2.48. The third-order valence-corrected chi connectivity index (χ3v) is 3.56. The summed E-state index contributed by atoms with van der Waals surface area (Å²) in [6.45, 7) is 7.55. The highest BCUT2D eigenvalue weighted by atomic mass is 35.5. The molecule has 0 bridgehead atoms. The third-order valence-electron chi connectivity index (χ3n) is 3.56. The number of rotatable bonds is 2. The van der Waals surface area contributed by atoms with Gasteiger partial charge in [-0.15, -0.1) is 12.4 Å². The standard InChI is InChI=1S/C12H22N4.ClH/c1-9-6-16(5-4-12(9)13)8-11-7-15(3)14-10(11)2;/h7,9,12H,4-6,8,13H2,1-3H3;1H. The Hall–Kier alpha value is -0.580. The number of hydrogen-bond acceptors (Lipinski definition) is 3. The molecule has 1 aliphatic heterocycles. The molecular formula is C12H23ClN4. The lowest BCUT2D eigenvalue weighted by atomic mass is 9.94. The van der Waals surface area contributed by atoms with Gasteiger partial charge in [0.2, 0.25) is 0 Å². The summed E-state index contributed by atoms with van der Waals surface area (Å²) in [6, 6.07) is 0.381. The zero-order valence-corrected chi connectivity index (χ0v) is 11.7. The van der Waals surface area contributed by atoms with Crippen LogP contribution in [0.2, 0.25) is 0 Å². The molecule has 0 aromatic carbocycles. The molecule has 0 saturated carbocycles. The molecule has 17 heavy (non-hydrogen) atoms. The second-order valence-corrected chi connectivity index (χ2v) is 5.08. The van der Waals surface area contributed by atoms with Crippen LogP contribution in [-0.2, 0) is 13.6 Å². The minimum Gasteiger partial charge on any atom is -0.327 e. The number of nitrogens with two attached hydrogens (primary N) is 1. The maximum absolute atomic E-state index is 6.02. The summed E-state index contributed by atoms with van der Waals surface area (Å²) in [6.07, 6.45) is 3.23.